The first-order valence-electron chi connectivity index (χ1n) is 13.2. The number of hydrogen-bond acceptors (Lipinski definition) is 2. The Hall–Kier alpha value is -1.05. The Morgan fingerprint density at radius 3 is 2.52 bits per heavy atom. The summed E-state index contributed by atoms with van der Waals surface area (Å²) < 4.78 is 5.63. The van der Waals surface area contributed by atoms with Crippen LogP contribution in [-0.2, 0) is 9.53 Å². The van der Waals surface area contributed by atoms with Gasteiger partial charge in [0.2, 0.25) is 0 Å². The highest BCUT2D eigenvalue weighted by Gasteiger charge is 2.58. The zero-order valence-electron chi connectivity index (χ0n) is 21.0. The lowest BCUT2D eigenvalue weighted by Crippen LogP contribution is -2.50. The van der Waals surface area contributed by atoms with E-state index in [4.69, 9.17) is 4.74 Å². The molecule has 4 rings (SSSR count). The van der Waals surface area contributed by atoms with Gasteiger partial charge in [0.05, 0.1) is 0 Å². The highest BCUT2D eigenvalue weighted by molar-refractivity contribution is 5.66. The van der Waals surface area contributed by atoms with Crippen LogP contribution in [0.2, 0.25) is 0 Å². The van der Waals surface area contributed by atoms with E-state index in [1.165, 1.54) is 44.9 Å². The second kappa shape index (κ2) is 8.71. The van der Waals surface area contributed by atoms with Crippen molar-refractivity contribution in [2.45, 2.75) is 105 Å². The van der Waals surface area contributed by atoms with Crippen LogP contribution in [0.3, 0.4) is 0 Å². The number of rotatable bonds is 5. The number of ether oxygens (including phenoxy) is 1. The summed E-state index contributed by atoms with van der Waals surface area (Å²) in [5.74, 6) is 4.39. The minimum Gasteiger partial charge on any atom is -0.463 e. The lowest BCUT2D eigenvalue weighted by atomic mass is 9.47. The van der Waals surface area contributed by atoms with Crippen LogP contribution in [0.5, 0.6) is 0 Å². The van der Waals surface area contributed by atoms with E-state index in [1.54, 1.807) is 6.92 Å². The molecule has 31 heavy (non-hydrogen) atoms. The molecular weight excluding hydrogens is 380 g/mol. The van der Waals surface area contributed by atoms with Crippen molar-refractivity contribution in [3.63, 3.8) is 0 Å². The molecule has 0 aromatic carbocycles. The lowest BCUT2D eigenvalue weighted by Gasteiger charge is -2.57. The Balaban J connectivity index is 1.50. The molecule has 2 heteroatoms. The van der Waals surface area contributed by atoms with Crippen LogP contribution in [0.1, 0.15) is 99.3 Å². The predicted octanol–water partition coefficient (Wildman–Crippen LogP) is 7.74. The molecule has 0 aromatic heterocycles. The van der Waals surface area contributed by atoms with Gasteiger partial charge < -0.3 is 4.74 Å². The summed E-state index contributed by atoms with van der Waals surface area (Å²) >= 11 is 0. The molecular formula is C29H46O2. The molecule has 8 atom stereocenters. The maximum absolute atomic E-state index is 11.5. The predicted molar refractivity (Wildman–Crippen MR) is 129 cm³/mol. The van der Waals surface area contributed by atoms with E-state index in [1.807, 2.05) is 5.57 Å². The van der Waals surface area contributed by atoms with Gasteiger partial charge in [-0.15, -0.1) is 0 Å². The van der Waals surface area contributed by atoms with Gasteiger partial charge in [0.15, 0.2) is 0 Å². The molecule has 0 spiro atoms. The molecule has 0 amide bonds. The fourth-order valence-electron chi connectivity index (χ4n) is 8.42. The van der Waals surface area contributed by atoms with E-state index in [2.05, 4.69) is 52.8 Å². The maximum Gasteiger partial charge on any atom is 0.302 e. The topological polar surface area (TPSA) is 26.3 Å². The van der Waals surface area contributed by atoms with Gasteiger partial charge in [0.1, 0.15) is 6.10 Å². The summed E-state index contributed by atoms with van der Waals surface area (Å²) in [7, 11) is 0. The Morgan fingerprint density at radius 2 is 1.81 bits per heavy atom. The van der Waals surface area contributed by atoms with E-state index < -0.39 is 0 Å². The van der Waals surface area contributed by atoms with Crippen LogP contribution < -0.4 is 0 Å². The standard InChI is InChI=1S/C29H46O2/c1-19(2)8-7-9-20(3)25-12-13-26-24-11-10-22-18-23(31-21(4)30)14-16-28(22,5)27(24)15-17-29(25,26)6/h7,9,11,19-20,22-23,25-27H,8,10,12-18H2,1-6H3. The van der Waals surface area contributed by atoms with Crippen molar-refractivity contribution >= 4 is 5.97 Å². The van der Waals surface area contributed by atoms with Crippen molar-refractivity contribution in [1.29, 1.82) is 0 Å². The van der Waals surface area contributed by atoms with Gasteiger partial charge in [0.25, 0.3) is 0 Å². The van der Waals surface area contributed by atoms with E-state index in [0.717, 1.165) is 36.5 Å². The summed E-state index contributed by atoms with van der Waals surface area (Å²) in [6.45, 7) is 13.9. The zero-order chi connectivity index (χ0) is 22.4. The largest absolute Gasteiger partial charge is 0.463 e. The van der Waals surface area contributed by atoms with Crippen LogP contribution >= 0.6 is 0 Å². The molecule has 0 bridgehead atoms. The molecule has 0 aliphatic heterocycles. The number of carbonyl (C=O) groups is 1. The molecule has 3 fully saturated rings. The van der Waals surface area contributed by atoms with Gasteiger partial charge in [-0.3, -0.25) is 4.79 Å². The lowest BCUT2D eigenvalue weighted by molar-refractivity contribution is -0.152. The van der Waals surface area contributed by atoms with Gasteiger partial charge in [-0.25, -0.2) is 0 Å². The first-order valence-corrected chi connectivity index (χ1v) is 13.2. The molecule has 0 N–H and O–H groups in total. The summed E-state index contributed by atoms with van der Waals surface area (Å²) in [4.78, 5) is 11.5. The number of fused-ring (bicyclic) bond motifs is 5. The Morgan fingerprint density at radius 1 is 1.10 bits per heavy atom. The molecule has 0 aromatic rings. The first kappa shape index (κ1) is 23.1. The van der Waals surface area contributed by atoms with Crippen LogP contribution in [0, 0.1) is 46.3 Å². The van der Waals surface area contributed by atoms with Crippen LogP contribution in [0.25, 0.3) is 0 Å². The average Bonchev–Trinajstić information content (AvgIpc) is 3.05. The number of hydrogen-bond donors (Lipinski definition) is 0. The summed E-state index contributed by atoms with van der Waals surface area (Å²) in [6.07, 6.45) is 19.1. The van der Waals surface area contributed by atoms with E-state index in [-0.39, 0.29) is 12.1 Å². The van der Waals surface area contributed by atoms with Crippen molar-refractivity contribution in [2.75, 3.05) is 0 Å². The average molecular weight is 427 g/mol. The van der Waals surface area contributed by atoms with E-state index in [0.29, 0.717) is 22.7 Å². The van der Waals surface area contributed by atoms with E-state index >= 15 is 0 Å². The fraction of sp³-hybridized carbons (Fsp3) is 0.828. The highest BCUT2D eigenvalue weighted by Crippen LogP contribution is 2.66. The summed E-state index contributed by atoms with van der Waals surface area (Å²) in [5, 5.41) is 0. The smallest absolute Gasteiger partial charge is 0.302 e. The number of carbonyl (C=O) groups excluding carboxylic acids is 1. The quantitative estimate of drug-likeness (QED) is 0.332. The van der Waals surface area contributed by atoms with E-state index in [9.17, 15) is 4.79 Å². The molecule has 0 radical (unpaired) electrons. The highest BCUT2D eigenvalue weighted by atomic mass is 16.5. The van der Waals surface area contributed by atoms with Crippen LogP contribution in [-0.4, -0.2) is 12.1 Å². The third-order valence-corrected chi connectivity index (χ3v) is 10.1. The Kier molecular flexibility index (Phi) is 6.50. The van der Waals surface area contributed by atoms with Crippen molar-refractivity contribution in [1.82, 2.24) is 0 Å². The summed E-state index contributed by atoms with van der Waals surface area (Å²) in [6, 6.07) is 0. The minimum atomic E-state index is -0.109. The van der Waals surface area contributed by atoms with Gasteiger partial charge in [-0.05, 0) is 104 Å². The molecule has 8 unspecified atom stereocenters. The third kappa shape index (κ3) is 4.18. The Labute approximate surface area is 191 Å². The van der Waals surface area contributed by atoms with Crippen molar-refractivity contribution < 1.29 is 9.53 Å². The fourth-order valence-corrected chi connectivity index (χ4v) is 8.42. The van der Waals surface area contributed by atoms with Gasteiger partial charge in [0, 0.05) is 6.92 Å². The second-order valence-electron chi connectivity index (χ2n) is 12.4. The van der Waals surface area contributed by atoms with Crippen molar-refractivity contribution in [3.8, 4) is 0 Å². The van der Waals surface area contributed by atoms with Crippen LogP contribution in [0.15, 0.2) is 23.8 Å². The maximum atomic E-state index is 11.5. The normalized spacial score (nSPS) is 43.2. The molecule has 4 aliphatic rings. The molecule has 2 nitrogen and oxygen atoms in total. The van der Waals surface area contributed by atoms with Crippen LogP contribution in [0.4, 0.5) is 0 Å². The Bertz CT molecular complexity index is 733. The number of esters is 1. The molecule has 0 heterocycles. The monoisotopic (exact) mass is 426 g/mol. The van der Waals surface area contributed by atoms with Crippen molar-refractivity contribution in [3.05, 3.63) is 23.8 Å². The molecule has 174 valence electrons. The molecule has 3 saturated carbocycles. The van der Waals surface area contributed by atoms with Gasteiger partial charge >= 0.3 is 5.97 Å². The van der Waals surface area contributed by atoms with Gasteiger partial charge in [-0.2, -0.15) is 0 Å². The third-order valence-electron chi connectivity index (χ3n) is 10.1. The molecule has 0 saturated heterocycles. The number of allylic oxidation sites excluding steroid dienone is 4. The van der Waals surface area contributed by atoms with Crippen molar-refractivity contribution in [2.24, 2.45) is 46.3 Å². The molecule has 4 aliphatic carbocycles. The second-order valence-corrected chi connectivity index (χ2v) is 12.4. The zero-order valence-corrected chi connectivity index (χ0v) is 21.0. The summed E-state index contributed by atoms with van der Waals surface area (Å²) in [5.41, 5.74) is 2.71. The van der Waals surface area contributed by atoms with Gasteiger partial charge in [-0.1, -0.05) is 58.4 Å². The first-order chi connectivity index (χ1) is 14.6. The minimum absolute atomic E-state index is 0.109. The SMILES string of the molecule is CC(=O)OC1CCC2(C)C(CC=C3C2CCC2(C)C3CCC2C(C)C=CCC(C)C)C1.